The van der Waals surface area contributed by atoms with Gasteiger partial charge in [-0.25, -0.2) is 4.98 Å². The lowest BCUT2D eigenvalue weighted by Crippen LogP contribution is -2.01. The van der Waals surface area contributed by atoms with Crippen LogP contribution >= 0.6 is 0 Å². The van der Waals surface area contributed by atoms with Crippen LogP contribution < -0.4 is 4.74 Å². The van der Waals surface area contributed by atoms with Gasteiger partial charge in [-0.05, 0) is 11.2 Å². The van der Waals surface area contributed by atoms with Crippen molar-refractivity contribution in [1.82, 2.24) is 4.98 Å². The van der Waals surface area contributed by atoms with E-state index in [-0.39, 0.29) is 5.82 Å². The smallest absolute Gasteiger partial charge is 0.200 e. The van der Waals surface area contributed by atoms with E-state index in [0.29, 0.717) is 19.0 Å². The van der Waals surface area contributed by atoms with E-state index in [0.717, 1.165) is 6.42 Å². The van der Waals surface area contributed by atoms with Crippen molar-refractivity contribution in [3.63, 3.8) is 0 Å². The van der Waals surface area contributed by atoms with Crippen LogP contribution in [0.1, 0.15) is 6.42 Å². The predicted molar refractivity (Wildman–Crippen MR) is 51.7 cm³/mol. The number of ether oxygens (including phenoxy) is 2. The zero-order valence-electron chi connectivity index (χ0n) is 7.97. The molecule has 0 radical (unpaired) electrons. The highest BCUT2D eigenvalue weighted by molar-refractivity contribution is 5.34. The van der Waals surface area contributed by atoms with Crippen LogP contribution in [0.3, 0.4) is 0 Å². The van der Waals surface area contributed by atoms with Crippen molar-refractivity contribution < 1.29 is 9.47 Å². The van der Waals surface area contributed by atoms with Crippen LogP contribution in [0, 0.1) is 4.91 Å². The standard InChI is InChI=1S/C9H12N2O3/c1-13-5-2-6-14-8-3-4-10-9(7-8)11-12/h3-4,7H,2,5-6H2,1H3. The Bertz CT molecular complexity index is 291. The van der Waals surface area contributed by atoms with Crippen LogP contribution in [0.25, 0.3) is 0 Å². The highest BCUT2D eigenvalue weighted by atomic mass is 16.5. The van der Waals surface area contributed by atoms with Gasteiger partial charge >= 0.3 is 0 Å². The third-order valence-electron chi connectivity index (χ3n) is 1.57. The number of aromatic nitrogens is 1. The Labute approximate surface area is 82.0 Å². The summed E-state index contributed by atoms with van der Waals surface area (Å²) in [5, 5.41) is 2.71. The van der Waals surface area contributed by atoms with Gasteiger partial charge < -0.3 is 9.47 Å². The Hall–Kier alpha value is -1.49. The van der Waals surface area contributed by atoms with Crippen molar-refractivity contribution in [2.45, 2.75) is 6.42 Å². The van der Waals surface area contributed by atoms with Gasteiger partial charge in [-0.3, -0.25) is 0 Å². The number of methoxy groups -OCH3 is 1. The molecule has 14 heavy (non-hydrogen) atoms. The van der Waals surface area contributed by atoms with Crippen molar-refractivity contribution in [3.05, 3.63) is 23.2 Å². The van der Waals surface area contributed by atoms with Crippen LogP contribution in [-0.4, -0.2) is 25.3 Å². The molecule has 1 aromatic heterocycles. The summed E-state index contributed by atoms with van der Waals surface area (Å²) in [7, 11) is 1.64. The van der Waals surface area contributed by atoms with Gasteiger partial charge in [-0.1, -0.05) is 0 Å². The monoisotopic (exact) mass is 196 g/mol. The molecule has 5 heteroatoms. The van der Waals surface area contributed by atoms with E-state index in [1.54, 1.807) is 13.2 Å². The third-order valence-corrected chi connectivity index (χ3v) is 1.57. The third kappa shape index (κ3) is 3.49. The minimum Gasteiger partial charge on any atom is -0.493 e. The molecule has 0 bridgehead atoms. The first-order chi connectivity index (χ1) is 6.86. The van der Waals surface area contributed by atoms with E-state index in [2.05, 4.69) is 10.2 Å². The Morgan fingerprint density at radius 1 is 1.50 bits per heavy atom. The molecule has 0 aromatic carbocycles. The second kappa shape index (κ2) is 6.04. The lowest BCUT2D eigenvalue weighted by atomic mass is 10.4. The Balaban J connectivity index is 2.38. The summed E-state index contributed by atoms with van der Waals surface area (Å²) in [6.07, 6.45) is 2.30. The van der Waals surface area contributed by atoms with Crippen LogP contribution in [0.15, 0.2) is 23.5 Å². The molecular weight excluding hydrogens is 184 g/mol. The molecule has 0 aliphatic rings. The SMILES string of the molecule is COCCCOc1ccnc(N=O)c1. The number of nitrogens with zero attached hydrogens (tertiary/aromatic N) is 2. The summed E-state index contributed by atoms with van der Waals surface area (Å²) in [4.78, 5) is 13.9. The fourth-order valence-electron chi connectivity index (χ4n) is 0.933. The van der Waals surface area contributed by atoms with Crippen LogP contribution in [0.2, 0.25) is 0 Å². The fraction of sp³-hybridized carbons (Fsp3) is 0.444. The van der Waals surface area contributed by atoms with E-state index in [4.69, 9.17) is 9.47 Å². The maximum Gasteiger partial charge on any atom is 0.200 e. The van der Waals surface area contributed by atoms with Gasteiger partial charge in [0.25, 0.3) is 0 Å². The van der Waals surface area contributed by atoms with Gasteiger partial charge in [-0.15, -0.1) is 4.91 Å². The molecule has 0 saturated carbocycles. The van der Waals surface area contributed by atoms with Gasteiger partial charge in [0.1, 0.15) is 5.75 Å². The number of nitroso groups, excluding NO2 is 1. The molecule has 0 spiro atoms. The fourth-order valence-corrected chi connectivity index (χ4v) is 0.933. The highest BCUT2D eigenvalue weighted by Gasteiger charge is 1.97. The van der Waals surface area contributed by atoms with E-state index < -0.39 is 0 Å². The topological polar surface area (TPSA) is 60.8 Å². The number of hydrogen-bond acceptors (Lipinski definition) is 5. The largest absolute Gasteiger partial charge is 0.493 e. The molecule has 1 rings (SSSR count). The second-order valence-electron chi connectivity index (χ2n) is 2.64. The molecule has 0 fully saturated rings. The Morgan fingerprint density at radius 3 is 3.07 bits per heavy atom. The van der Waals surface area contributed by atoms with Gasteiger partial charge in [0, 0.05) is 32.4 Å². The maximum atomic E-state index is 10.1. The lowest BCUT2D eigenvalue weighted by Gasteiger charge is -2.04. The highest BCUT2D eigenvalue weighted by Crippen LogP contribution is 2.16. The van der Waals surface area contributed by atoms with Crippen LogP contribution in [0.5, 0.6) is 5.75 Å². The van der Waals surface area contributed by atoms with E-state index in [1.165, 1.54) is 12.3 Å². The summed E-state index contributed by atoms with van der Waals surface area (Å²) in [5.74, 6) is 0.736. The normalized spacial score (nSPS) is 9.79. The zero-order valence-corrected chi connectivity index (χ0v) is 7.97. The van der Waals surface area contributed by atoms with E-state index in [1.807, 2.05) is 0 Å². The number of pyridine rings is 1. The van der Waals surface area contributed by atoms with Gasteiger partial charge in [0.2, 0.25) is 0 Å². The molecule has 76 valence electrons. The molecule has 0 aliphatic carbocycles. The van der Waals surface area contributed by atoms with Crippen molar-refractivity contribution in [1.29, 1.82) is 0 Å². The maximum absolute atomic E-state index is 10.1. The average Bonchev–Trinajstić information content (AvgIpc) is 2.25. The van der Waals surface area contributed by atoms with E-state index >= 15 is 0 Å². The van der Waals surface area contributed by atoms with Gasteiger partial charge in [0.15, 0.2) is 5.82 Å². The van der Waals surface area contributed by atoms with Crippen molar-refractivity contribution in [3.8, 4) is 5.75 Å². The average molecular weight is 196 g/mol. The zero-order chi connectivity index (χ0) is 10.2. The van der Waals surface area contributed by atoms with E-state index in [9.17, 15) is 4.91 Å². The first-order valence-electron chi connectivity index (χ1n) is 4.28. The first kappa shape index (κ1) is 10.6. The minimum absolute atomic E-state index is 0.134. The molecule has 5 nitrogen and oxygen atoms in total. The molecule has 1 aromatic rings. The molecule has 0 atom stereocenters. The molecule has 0 aliphatic heterocycles. The molecule has 0 unspecified atom stereocenters. The quantitative estimate of drug-likeness (QED) is 0.515. The molecule has 0 N–H and O–H groups in total. The second-order valence-corrected chi connectivity index (χ2v) is 2.64. The summed E-state index contributed by atoms with van der Waals surface area (Å²) >= 11 is 0. The summed E-state index contributed by atoms with van der Waals surface area (Å²) in [6, 6.07) is 3.18. The van der Waals surface area contributed by atoms with Crippen LogP contribution in [-0.2, 0) is 4.74 Å². The lowest BCUT2D eigenvalue weighted by molar-refractivity contribution is 0.172. The van der Waals surface area contributed by atoms with Crippen molar-refractivity contribution >= 4 is 5.82 Å². The Morgan fingerprint density at radius 2 is 2.36 bits per heavy atom. The van der Waals surface area contributed by atoms with Crippen molar-refractivity contribution in [2.24, 2.45) is 5.18 Å². The minimum atomic E-state index is 0.134. The molecule has 0 saturated heterocycles. The predicted octanol–water partition coefficient (Wildman–Crippen LogP) is 1.89. The first-order valence-corrected chi connectivity index (χ1v) is 4.28. The van der Waals surface area contributed by atoms with Gasteiger partial charge in [0.05, 0.1) is 6.61 Å². The number of rotatable bonds is 6. The Kier molecular flexibility index (Phi) is 4.57. The van der Waals surface area contributed by atoms with Crippen molar-refractivity contribution in [2.75, 3.05) is 20.3 Å². The molecule has 1 heterocycles. The molecule has 0 amide bonds. The summed E-state index contributed by atoms with van der Waals surface area (Å²) < 4.78 is 10.2. The summed E-state index contributed by atoms with van der Waals surface area (Å²) in [5.41, 5.74) is 0. The number of hydrogen-bond donors (Lipinski definition) is 0. The summed E-state index contributed by atoms with van der Waals surface area (Å²) in [6.45, 7) is 1.21. The van der Waals surface area contributed by atoms with Crippen LogP contribution in [0.4, 0.5) is 5.82 Å². The van der Waals surface area contributed by atoms with Gasteiger partial charge in [-0.2, -0.15) is 0 Å². The molecular formula is C9H12N2O3.